The third-order valence-electron chi connectivity index (χ3n) is 2.70. The van der Waals surface area contributed by atoms with Crippen LogP contribution in [0.5, 0.6) is 0 Å². The Bertz CT molecular complexity index is 441. The number of anilines is 1. The summed E-state index contributed by atoms with van der Waals surface area (Å²) in [6.45, 7) is 4.15. The molecule has 1 atom stereocenters. The van der Waals surface area contributed by atoms with E-state index in [4.69, 9.17) is 22.7 Å². The molecule has 0 bridgehead atoms. The Hall–Kier alpha value is -0.720. The van der Waals surface area contributed by atoms with Crippen molar-refractivity contribution in [3.8, 4) is 0 Å². The lowest BCUT2D eigenvalue weighted by Gasteiger charge is -2.33. The molecule has 1 aromatic rings. The van der Waals surface area contributed by atoms with Gasteiger partial charge in [0.1, 0.15) is 16.9 Å². The molecule has 17 heavy (non-hydrogen) atoms. The Morgan fingerprint density at radius 1 is 1.71 bits per heavy atom. The van der Waals surface area contributed by atoms with E-state index in [-0.39, 0.29) is 6.10 Å². The summed E-state index contributed by atoms with van der Waals surface area (Å²) in [5, 5.41) is 0. The van der Waals surface area contributed by atoms with Crippen LogP contribution in [-0.4, -0.2) is 35.8 Å². The van der Waals surface area contributed by atoms with Crippen LogP contribution in [0.3, 0.4) is 0 Å². The average molecular weight is 316 g/mol. The first-order valence-corrected chi connectivity index (χ1v) is 6.56. The molecule has 1 aliphatic heterocycles. The lowest BCUT2D eigenvalue weighted by Crippen LogP contribution is -2.48. The molecule has 2 heterocycles. The Labute approximate surface area is 114 Å². The van der Waals surface area contributed by atoms with Crippen molar-refractivity contribution >= 4 is 39.0 Å². The van der Waals surface area contributed by atoms with Gasteiger partial charge in [-0.15, -0.1) is 0 Å². The van der Waals surface area contributed by atoms with Gasteiger partial charge in [0.2, 0.25) is 0 Å². The molecule has 2 N–H and O–H groups in total. The lowest BCUT2D eigenvalue weighted by molar-refractivity contribution is 0.0843. The minimum atomic E-state index is -0.177. The third-order valence-corrected chi connectivity index (χ3v) is 3.40. The van der Waals surface area contributed by atoms with E-state index in [1.54, 1.807) is 6.20 Å². The van der Waals surface area contributed by atoms with Crippen LogP contribution in [0, 0.1) is 6.92 Å². The zero-order valence-electron chi connectivity index (χ0n) is 9.52. The number of pyridine rings is 1. The van der Waals surface area contributed by atoms with Crippen LogP contribution in [0.4, 0.5) is 5.82 Å². The first kappa shape index (κ1) is 12.7. The first-order chi connectivity index (χ1) is 8.08. The minimum absolute atomic E-state index is 0.177. The van der Waals surface area contributed by atoms with E-state index in [2.05, 4.69) is 25.8 Å². The van der Waals surface area contributed by atoms with Crippen molar-refractivity contribution in [3.05, 3.63) is 22.3 Å². The molecular formula is C11H14BrN3OS. The summed E-state index contributed by atoms with van der Waals surface area (Å²) in [6.07, 6.45) is 1.62. The second kappa shape index (κ2) is 5.29. The summed E-state index contributed by atoms with van der Waals surface area (Å²) < 4.78 is 6.49. The number of hydrogen-bond acceptors (Lipinski definition) is 4. The fourth-order valence-corrected chi connectivity index (χ4v) is 2.47. The maximum Gasteiger partial charge on any atom is 0.131 e. The van der Waals surface area contributed by atoms with Gasteiger partial charge in [0.05, 0.1) is 13.2 Å². The first-order valence-electron chi connectivity index (χ1n) is 5.36. The van der Waals surface area contributed by atoms with Crippen LogP contribution in [0.1, 0.15) is 5.56 Å². The number of aryl methyl sites for hydroxylation is 1. The molecule has 1 unspecified atom stereocenters. The Kier molecular flexibility index (Phi) is 3.96. The summed E-state index contributed by atoms with van der Waals surface area (Å²) in [5.41, 5.74) is 6.75. The molecule has 4 nitrogen and oxygen atoms in total. The van der Waals surface area contributed by atoms with Gasteiger partial charge in [0.15, 0.2) is 0 Å². The van der Waals surface area contributed by atoms with Gasteiger partial charge in [-0.1, -0.05) is 12.2 Å². The molecule has 0 amide bonds. The number of hydrogen-bond donors (Lipinski definition) is 1. The van der Waals surface area contributed by atoms with Crippen LogP contribution in [0.25, 0.3) is 0 Å². The van der Waals surface area contributed by atoms with Gasteiger partial charge in [-0.2, -0.15) is 0 Å². The van der Waals surface area contributed by atoms with Crippen LogP contribution in [-0.2, 0) is 4.74 Å². The monoisotopic (exact) mass is 315 g/mol. The highest BCUT2D eigenvalue weighted by molar-refractivity contribution is 9.10. The SMILES string of the molecule is Cc1cc(Br)cnc1N1CCOC(C(N)=S)C1. The predicted molar refractivity (Wildman–Crippen MR) is 75.4 cm³/mol. The van der Waals surface area contributed by atoms with Gasteiger partial charge in [-0.25, -0.2) is 4.98 Å². The summed E-state index contributed by atoms with van der Waals surface area (Å²) >= 11 is 8.38. The molecular weight excluding hydrogens is 302 g/mol. The van der Waals surface area contributed by atoms with Crippen molar-refractivity contribution in [1.82, 2.24) is 4.98 Å². The molecule has 1 aromatic heterocycles. The molecule has 1 saturated heterocycles. The van der Waals surface area contributed by atoms with E-state index in [1.807, 2.05) is 13.0 Å². The van der Waals surface area contributed by atoms with E-state index in [1.165, 1.54) is 0 Å². The summed E-state index contributed by atoms with van der Waals surface area (Å²) in [5.74, 6) is 0.970. The van der Waals surface area contributed by atoms with Gasteiger partial charge in [0, 0.05) is 17.2 Å². The fraction of sp³-hybridized carbons (Fsp3) is 0.455. The Morgan fingerprint density at radius 3 is 3.12 bits per heavy atom. The average Bonchev–Trinajstić information content (AvgIpc) is 2.29. The highest BCUT2D eigenvalue weighted by Gasteiger charge is 2.24. The maximum atomic E-state index is 5.62. The van der Waals surface area contributed by atoms with E-state index in [0.29, 0.717) is 18.1 Å². The third kappa shape index (κ3) is 2.94. The number of aromatic nitrogens is 1. The molecule has 0 spiro atoms. The molecule has 0 aliphatic carbocycles. The number of thiocarbonyl (C=S) groups is 1. The van der Waals surface area contributed by atoms with Crippen molar-refractivity contribution in [1.29, 1.82) is 0 Å². The van der Waals surface area contributed by atoms with Gasteiger partial charge in [0.25, 0.3) is 0 Å². The molecule has 0 aromatic carbocycles. The van der Waals surface area contributed by atoms with Crippen LogP contribution in [0.15, 0.2) is 16.7 Å². The van der Waals surface area contributed by atoms with E-state index in [0.717, 1.165) is 22.4 Å². The predicted octanol–water partition coefficient (Wildman–Crippen LogP) is 1.64. The number of halogens is 1. The maximum absolute atomic E-state index is 5.62. The molecule has 6 heteroatoms. The second-order valence-electron chi connectivity index (χ2n) is 4.00. The molecule has 1 fully saturated rings. The van der Waals surface area contributed by atoms with Crippen molar-refractivity contribution in [3.63, 3.8) is 0 Å². The van der Waals surface area contributed by atoms with Gasteiger partial charge in [-0.05, 0) is 34.5 Å². The van der Waals surface area contributed by atoms with Crippen molar-refractivity contribution < 1.29 is 4.74 Å². The molecule has 0 saturated carbocycles. The summed E-state index contributed by atoms with van der Waals surface area (Å²) in [4.78, 5) is 7.00. The number of nitrogens with two attached hydrogens (primary N) is 1. The van der Waals surface area contributed by atoms with Gasteiger partial charge in [-0.3, -0.25) is 0 Å². The molecule has 1 aliphatic rings. The quantitative estimate of drug-likeness (QED) is 0.841. The standard InChI is InChI=1S/C11H14BrN3OS/c1-7-4-8(12)5-14-11(7)15-2-3-16-9(6-15)10(13)17/h4-5,9H,2-3,6H2,1H3,(H2,13,17). The van der Waals surface area contributed by atoms with Crippen LogP contribution >= 0.6 is 28.1 Å². The van der Waals surface area contributed by atoms with Crippen molar-refractivity contribution in [2.45, 2.75) is 13.0 Å². The highest BCUT2D eigenvalue weighted by Crippen LogP contribution is 2.22. The molecule has 92 valence electrons. The van der Waals surface area contributed by atoms with E-state index in [9.17, 15) is 0 Å². The van der Waals surface area contributed by atoms with E-state index >= 15 is 0 Å². The second-order valence-corrected chi connectivity index (χ2v) is 5.39. The normalized spacial score (nSPS) is 20.4. The Morgan fingerprint density at radius 2 is 2.47 bits per heavy atom. The number of nitrogens with zero attached hydrogens (tertiary/aromatic N) is 2. The Balaban J connectivity index is 2.19. The molecule has 2 rings (SSSR count). The largest absolute Gasteiger partial charge is 0.391 e. The van der Waals surface area contributed by atoms with Gasteiger partial charge < -0.3 is 15.4 Å². The summed E-state index contributed by atoms with van der Waals surface area (Å²) in [6, 6.07) is 2.05. The number of ether oxygens (including phenoxy) is 1. The molecule has 0 radical (unpaired) electrons. The van der Waals surface area contributed by atoms with E-state index < -0.39 is 0 Å². The number of rotatable bonds is 2. The van der Waals surface area contributed by atoms with Crippen LogP contribution in [0.2, 0.25) is 0 Å². The fourth-order valence-electron chi connectivity index (χ4n) is 1.88. The lowest BCUT2D eigenvalue weighted by atomic mass is 10.2. The topological polar surface area (TPSA) is 51.4 Å². The minimum Gasteiger partial charge on any atom is -0.391 e. The van der Waals surface area contributed by atoms with Crippen LogP contribution < -0.4 is 10.6 Å². The zero-order valence-corrected chi connectivity index (χ0v) is 11.9. The summed E-state index contributed by atoms with van der Waals surface area (Å²) in [7, 11) is 0. The highest BCUT2D eigenvalue weighted by atomic mass is 79.9. The zero-order chi connectivity index (χ0) is 12.4. The van der Waals surface area contributed by atoms with Crippen molar-refractivity contribution in [2.75, 3.05) is 24.6 Å². The van der Waals surface area contributed by atoms with Gasteiger partial charge >= 0.3 is 0 Å². The smallest absolute Gasteiger partial charge is 0.131 e. The number of morpholine rings is 1. The van der Waals surface area contributed by atoms with Crippen molar-refractivity contribution in [2.24, 2.45) is 5.73 Å².